The summed E-state index contributed by atoms with van der Waals surface area (Å²) in [5.41, 5.74) is 6.57. The third-order valence-electron chi connectivity index (χ3n) is 5.95. The van der Waals surface area contributed by atoms with Crippen LogP contribution >= 0.6 is 0 Å². The molecule has 34 heavy (non-hydrogen) atoms. The molecule has 0 spiro atoms. The normalized spacial score (nSPS) is 10.9. The predicted octanol–water partition coefficient (Wildman–Crippen LogP) is 7.61. The minimum Gasteiger partial charge on any atom is -0.508 e. The number of aromatic hydroxyl groups is 3. The molecule has 0 radical (unpaired) electrons. The number of ether oxygens (including phenoxy) is 1. The van der Waals surface area contributed by atoms with Gasteiger partial charge in [-0.15, -0.1) is 0 Å². The first-order chi connectivity index (χ1) is 16.2. The Kier molecular flexibility index (Phi) is 6.12. The molecule has 0 aromatic heterocycles. The molecule has 4 aromatic rings. The molecule has 3 N–H and O–H groups in total. The Labute approximate surface area is 200 Å². The highest BCUT2D eigenvalue weighted by Crippen LogP contribution is 2.47. The van der Waals surface area contributed by atoms with Crippen LogP contribution in [-0.4, -0.2) is 15.3 Å². The van der Waals surface area contributed by atoms with Crippen molar-refractivity contribution in [1.29, 1.82) is 0 Å². The Hall–Kier alpha value is -4.12. The number of hydrogen-bond acceptors (Lipinski definition) is 5. The predicted molar refractivity (Wildman–Crippen MR) is 136 cm³/mol. The second-order valence-electron chi connectivity index (χ2n) is 8.73. The third-order valence-corrected chi connectivity index (χ3v) is 5.95. The van der Waals surface area contributed by atoms with Gasteiger partial charge in [-0.2, -0.15) is 0 Å². The zero-order valence-electron chi connectivity index (χ0n) is 20.0. The van der Waals surface area contributed by atoms with Crippen molar-refractivity contribution in [3.05, 3.63) is 94.5 Å². The molecule has 0 aliphatic heterocycles. The van der Waals surface area contributed by atoms with E-state index in [0.29, 0.717) is 17.2 Å². The van der Waals surface area contributed by atoms with Crippen molar-refractivity contribution in [1.82, 2.24) is 0 Å². The fourth-order valence-electron chi connectivity index (χ4n) is 4.09. The van der Waals surface area contributed by atoms with Gasteiger partial charge < -0.3 is 25.0 Å². The van der Waals surface area contributed by atoms with E-state index in [9.17, 15) is 15.3 Å². The molecule has 0 aliphatic carbocycles. The lowest BCUT2D eigenvalue weighted by Crippen LogP contribution is -2.14. The number of phenols is 3. The number of phenolic OH excluding ortho intramolecular Hbond substituents is 3. The quantitative estimate of drug-likeness (QED) is 0.289. The van der Waals surface area contributed by atoms with E-state index in [1.54, 1.807) is 24.3 Å². The molecule has 0 bridgehead atoms. The molecule has 0 fully saturated rings. The molecule has 0 amide bonds. The van der Waals surface area contributed by atoms with E-state index >= 15 is 0 Å². The summed E-state index contributed by atoms with van der Waals surface area (Å²) in [5, 5.41) is 31.6. The summed E-state index contributed by atoms with van der Waals surface area (Å²) < 4.78 is 6.19. The zero-order chi connectivity index (χ0) is 24.6. The van der Waals surface area contributed by atoms with Crippen LogP contribution in [0.15, 0.2) is 66.7 Å². The Bertz CT molecular complexity index is 1320. The largest absolute Gasteiger partial charge is 0.508 e. The van der Waals surface area contributed by atoms with Crippen molar-refractivity contribution in [2.45, 2.75) is 34.6 Å². The summed E-state index contributed by atoms with van der Waals surface area (Å²) in [6, 6.07) is 20.1. The molecule has 5 heteroatoms. The van der Waals surface area contributed by atoms with Crippen LogP contribution in [0.25, 0.3) is 0 Å². The van der Waals surface area contributed by atoms with Crippen molar-refractivity contribution in [3.8, 4) is 28.7 Å². The highest BCUT2D eigenvalue weighted by atomic mass is 16.5. The van der Waals surface area contributed by atoms with Crippen LogP contribution < -0.4 is 9.64 Å². The lowest BCUT2D eigenvalue weighted by molar-refractivity contribution is 0.411. The monoisotopic (exact) mass is 455 g/mol. The molecule has 0 aliphatic rings. The van der Waals surface area contributed by atoms with Gasteiger partial charge >= 0.3 is 0 Å². The Morgan fingerprint density at radius 3 is 1.65 bits per heavy atom. The van der Waals surface area contributed by atoms with Crippen LogP contribution in [0.5, 0.6) is 28.7 Å². The maximum Gasteiger partial charge on any atom is 0.169 e. The molecular formula is C29H29NO4. The van der Waals surface area contributed by atoms with Gasteiger partial charge in [0, 0.05) is 12.1 Å². The second kappa shape index (κ2) is 9.02. The number of benzene rings is 4. The number of anilines is 3. The van der Waals surface area contributed by atoms with Crippen LogP contribution in [0.2, 0.25) is 0 Å². The number of nitrogens with zero attached hydrogens (tertiary/aromatic N) is 1. The summed E-state index contributed by atoms with van der Waals surface area (Å²) in [5.74, 6) is 1.25. The Balaban J connectivity index is 1.96. The molecule has 5 nitrogen and oxygen atoms in total. The van der Waals surface area contributed by atoms with Crippen molar-refractivity contribution < 1.29 is 20.1 Å². The van der Waals surface area contributed by atoms with E-state index in [4.69, 9.17) is 4.74 Å². The van der Waals surface area contributed by atoms with Crippen molar-refractivity contribution in [3.63, 3.8) is 0 Å². The van der Waals surface area contributed by atoms with Gasteiger partial charge in [-0.25, -0.2) is 0 Å². The summed E-state index contributed by atoms with van der Waals surface area (Å²) >= 11 is 0. The second-order valence-corrected chi connectivity index (χ2v) is 8.73. The van der Waals surface area contributed by atoms with Gasteiger partial charge in [0.25, 0.3) is 0 Å². The number of hydrogen-bond donors (Lipinski definition) is 3. The molecule has 0 atom stereocenters. The molecule has 4 rings (SSSR count). The van der Waals surface area contributed by atoms with Gasteiger partial charge in [0.1, 0.15) is 11.5 Å². The minimum absolute atomic E-state index is 0.0506. The van der Waals surface area contributed by atoms with E-state index in [2.05, 4.69) is 0 Å². The van der Waals surface area contributed by atoms with E-state index < -0.39 is 0 Å². The van der Waals surface area contributed by atoms with Crippen molar-refractivity contribution in [2.24, 2.45) is 0 Å². The maximum atomic E-state index is 10.6. The Morgan fingerprint density at radius 1 is 0.529 bits per heavy atom. The topological polar surface area (TPSA) is 73.2 Å². The van der Waals surface area contributed by atoms with Crippen LogP contribution in [0.3, 0.4) is 0 Å². The lowest BCUT2D eigenvalue weighted by Gasteiger charge is -2.30. The molecule has 0 saturated carbocycles. The van der Waals surface area contributed by atoms with Crippen LogP contribution in [0.4, 0.5) is 17.1 Å². The van der Waals surface area contributed by atoms with E-state index in [1.807, 2.05) is 82.0 Å². The molecule has 4 aromatic carbocycles. The van der Waals surface area contributed by atoms with Gasteiger partial charge in [0.05, 0.1) is 17.1 Å². The van der Waals surface area contributed by atoms with Gasteiger partial charge in [-0.1, -0.05) is 30.3 Å². The highest BCUT2D eigenvalue weighted by molar-refractivity contribution is 5.84. The van der Waals surface area contributed by atoms with Crippen LogP contribution in [-0.2, 0) is 0 Å². The SMILES string of the molecule is Cc1ccc(Oc2ccccc2N(c2cc(O)c(C)cc2C)c2cc(O)c(C)cc2C)c(O)c1. The minimum atomic E-state index is 0.0506. The maximum absolute atomic E-state index is 10.6. The van der Waals surface area contributed by atoms with Crippen molar-refractivity contribution in [2.75, 3.05) is 4.90 Å². The van der Waals surface area contributed by atoms with E-state index in [-0.39, 0.29) is 17.2 Å². The molecule has 0 heterocycles. The van der Waals surface area contributed by atoms with Gasteiger partial charge in [0.15, 0.2) is 17.2 Å². The van der Waals surface area contributed by atoms with Gasteiger partial charge in [-0.3, -0.25) is 0 Å². The highest BCUT2D eigenvalue weighted by Gasteiger charge is 2.23. The first kappa shape index (κ1) is 23.1. The molecule has 174 valence electrons. The van der Waals surface area contributed by atoms with Gasteiger partial charge in [-0.05, 0) is 86.7 Å². The average molecular weight is 456 g/mol. The summed E-state index contributed by atoms with van der Waals surface area (Å²) in [6.45, 7) is 9.58. The average Bonchev–Trinajstić information content (AvgIpc) is 2.78. The number of para-hydroxylation sites is 2. The standard InChI is InChI=1S/C29H29NO4/c1-17-10-11-29(27(33)12-17)34-28-9-7-6-8-22(28)30(23-15-25(31)20(4)13-18(23)2)24-16-26(32)21(5)14-19(24)3/h6-16,31-33H,1-5H3. The zero-order valence-corrected chi connectivity index (χ0v) is 20.0. The number of rotatable bonds is 5. The smallest absolute Gasteiger partial charge is 0.169 e. The summed E-state index contributed by atoms with van der Waals surface area (Å²) in [6.07, 6.45) is 0. The van der Waals surface area contributed by atoms with Crippen LogP contribution in [0, 0.1) is 34.6 Å². The molecule has 0 saturated heterocycles. The summed E-state index contributed by atoms with van der Waals surface area (Å²) in [4.78, 5) is 1.96. The molecule has 0 unspecified atom stereocenters. The van der Waals surface area contributed by atoms with Crippen molar-refractivity contribution >= 4 is 17.1 Å². The van der Waals surface area contributed by atoms with Crippen LogP contribution in [0.1, 0.15) is 27.8 Å². The van der Waals surface area contributed by atoms with E-state index in [1.165, 1.54) is 0 Å². The fourth-order valence-corrected chi connectivity index (χ4v) is 4.09. The van der Waals surface area contributed by atoms with Gasteiger partial charge in [0.2, 0.25) is 0 Å². The third kappa shape index (κ3) is 4.37. The fraction of sp³-hybridized carbons (Fsp3) is 0.172. The van der Waals surface area contributed by atoms with E-state index in [0.717, 1.165) is 39.2 Å². The molecular weight excluding hydrogens is 426 g/mol. The first-order valence-corrected chi connectivity index (χ1v) is 11.1. The lowest BCUT2D eigenvalue weighted by atomic mass is 10.0. The first-order valence-electron chi connectivity index (χ1n) is 11.1. The number of aryl methyl sites for hydroxylation is 5. The Morgan fingerprint density at radius 2 is 1.09 bits per heavy atom. The summed E-state index contributed by atoms with van der Waals surface area (Å²) in [7, 11) is 0.